The van der Waals surface area contributed by atoms with Gasteiger partial charge in [-0.05, 0) is 0 Å². The summed E-state index contributed by atoms with van der Waals surface area (Å²) < 4.78 is 22.8. The molecule has 0 rings (SSSR count). The van der Waals surface area contributed by atoms with Crippen LogP contribution >= 0.6 is 0 Å². The maximum atomic E-state index is 8.67. The molecule has 0 bridgehead atoms. The van der Waals surface area contributed by atoms with Crippen LogP contribution in [0.3, 0.4) is 0 Å². The fourth-order valence-electron chi connectivity index (χ4n) is 0. The fraction of sp³-hybridized carbons (Fsp3) is 0. The van der Waals surface area contributed by atoms with Crippen molar-refractivity contribution in [1.82, 2.24) is 0 Å². The van der Waals surface area contributed by atoms with E-state index >= 15 is 0 Å². The maximum Gasteiger partial charge on any atom is 0.123 e. The van der Waals surface area contributed by atoms with E-state index in [9.17, 15) is 0 Å². The summed E-state index contributed by atoms with van der Waals surface area (Å²) in [4.78, 5) is 0. The van der Waals surface area contributed by atoms with E-state index in [4.69, 9.17) is 9.89 Å². The van der Waals surface area contributed by atoms with Gasteiger partial charge in [0.25, 0.3) is 0 Å². The van der Waals surface area contributed by atoms with Crippen molar-refractivity contribution in [3.05, 3.63) is 0 Å². The van der Waals surface area contributed by atoms with E-state index in [0.29, 0.717) is 0 Å². The minimum absolute atomic E-state index is 0. The summed E-state index contributed by atoms with van der Waals surface area (Å²) in [6.45, 7) is 0. The van der Waals surface area contributed by atoms with Gasteiger partial charge >= 0.3 is 0 Å². The van der Waals surface area contributed by atoms with Gasteiger partial charge in [-0.15, -0.1) is 0 Å². The van der Waals surface area contributed by atoms with Gasteiger partial charge in [-0.1, -0.05) is 11.9 Å². The van der Waals surface area contributed by atoms with Crippen LogP contribution in [-0.2, 0) is 30.4 Å². The molecule has 0 saturated heterocycles. The standard InChI is InChI=1S/H2O2S.V/c1-3-2;/h3H,(H,1,2);/p-1/i3T;. The van der Waals surface area contributed by atoms with Crippen LogP contribution in [0.15, 0.2) is 0 Å². The van der Waals surface area contributed by atoms with Gasteiger partial charge in [0, 0.05) is 18.6 Å². The van der Waals surface area contributed by atoms with Crippen molar-refractivity contribution in [2.24, 2.45) is 0 Å². The number of thiol groups is 1. The fourth-order valence-corrected chi connectivity index (χ4v) is 0. The molecule has 1 atom stereocenters. The molecule has 2 nitrogen and oxygen atoms in total. The quantitative estimate of drug-likeness (QED) is 0.329. The summed E-state index contributed by atoms with van der Waals surface area (Å²) in [6.07, 6.45) is 0. The van der Waals surface area contributed by atoms with Gasteiger partial charge in [0.2, 0.25) is 0 Å². The first-order chi connectivity index (χ1) is 1.73. The van der Waals surface area contributed by atoms with E-state index in [1.165, 1.54) is 0 Å². The van der Waals surface area contributed by atoms with Crippen LogP contribution in [0.2, 0.25) is 0 Å². The molecule has 0 saturated carbocycles. The Balaban J connectivity index is 0. The first-order valence-electron chi connectivity index (χ1n) is 0.742. The molecule has 0 fully saturated rings. The third-order valence-corrected chi connectivity index (χ3v) is 0. The van der Waals surface area contributed by atoms with Crippen LogP contribution < -0.4 is 0 Å². The molecule has 0 aromatic rings. The van der Waals surface area contributed by atoms with E-state index in [1.807, 2.05) is 0 Å². The molecule has 0 amide bonds. The minimum Gasteiger partial charge on any atom is -0.775 e. The van der Waals surface area contributed by atoms with Crippen molar-refractivity contribution in [3.63, 3.8) is 0 Å². The largest absolute Gasteiger partial charge is 0.775 e. The molecule has 0 spiro atoms. The Morgan fingerprint density at radius 2 is 2.25 bits per heavy atom. The second kappa shape index (κ2) is 9.34. The van der Waals surface area contributed by atoms with Crippen molar-refractivity contribution >= 4 is 11.9 Å². The molecular weight excluding hydrogens is 115 g/mol. The predicted molar refractivity (Wildman–Crippen MR) is 10.3 cm³/mol. The van der Waals surface area contributed by atoms with Gasteiger partial charge in [-0.25, -0.2) is 0 Å². The smallest absolute Gasteiger partial charge is 0.123 e. The van der Waals surface area contributed by atoms with E-state index in [-0.39, 0.29) is 18.6 Å². The minimum atomic E-state index is -2.61. The number of hydrogen-bond acceptors (Lipinski definition) is 2. The van der Waals surface area contributed by atoms with Crippen molar-refractivity contribution in [1.29, 1.82) is 1.12 Å². The Kier molecular flexibility index (Phi) is 11.0. The Morgan fingerprint density at radius 1 is 2.25 bits per heavy atom. The van der Waals surface area contributed by atoms with Crippen molar-refractivity contribution in [2.45, 2.75) is 0 Å². The summed E-state index contributed by atoms with van der Waals surface area (Å²) in [5, 5.41) is 0. The van der Waals surface area contributed by atoms with Gasteiger partial charge in [-0.3, -0.25) is 4.21 Å². The summed E-state index contributed by atoms with van der Waals surface area (Å²) in [5.74, 6) is 0. The van der Waals surface area contributed by atoms with Gasteiger partial charge < -0.3 is 4.55 Å². The number of rotatable bonds is 0. The summed E-state index contributed by atoms with van der Waals surface area (Å²) in [5.41, 5.74) is 0. The second-order valence-corrected chi connectivity index (χ2v) is 0.204. The number of hydrogen-bond donors (Lipinski definition) is 1. The molecule has 0 aliphatic carbocycles. The third kappa shape index (κ3) is 16.0. The molecule has 25 valence electrons. The van der Waals surface area contributed by atoms with E-state index in [1.54, 1.807) is 0 Å². The molecule has 0 aromatic heterocycles. The van der Waals surface area contributed by atoms with Crippen LogP contribution in [0.1, 0.15) is 0 Å². The molecule has 0 aromatic carbocycles. The average Bonchev–Trinajstić information content (AvgIpc) is 0.811. The summed E-state index contributed by atoms with van der Waals surface area (Å²) in [7, 11) is 0. The topological polar surface area (TPSA) is 40.1 Å². The van der Waals surface area contributed by atoms with Crippen LogP contribution in [0.4, 0.5) is 0 Å². The van der Waals surface area contributed by atoms with Crippen LogP contribution in [0.5, 0.6) is 0 Å². The Hall–Kier alpha value is 0.694. The Bertz CT molecular complexity index is 32.6. The van der Waals surface area contributed by atoms with Gasteiger partial charge in [-0.2, -0.15) is 0 Å². The monoisotopic (exact) mass is 118 g/mol. The van der Waals surface area contributed by atoms with Gasteiger partial charge in [0.15, 0.2) is 0 Å². The first kappa shape index (κ1) is 4.69. The molecule has 0 heterocycles. The zero-order valence-corrected chi connectivity index (χ0v) is 3.89. The molecule has 0 N–H and O–H groups in total. The Morgan fingerprint density at radius 3 is 2.25 bits per heavy atom. The van der Waals surface area contributed by atoms with Gasteiger partial charge in [0.1, 0.15) is 1.12 Å². The summed E-state index contributed by atoms with van der Waals surface area (Å²) >= 11 is -2.61. The van der Waals surface area contributed by atoms with E-state index < -0.39 is 11.9 Å². The van der Waals surface area contributed by atoms with Crippen LogP contribution in [-0.4, -0.2) is 9.89 Å². The van der Waals surface area contributed by atoms with Crippen molar-refractivity contribution in [2.75, 3.05) is 0 Å². The van der Waals surface area contributed by atoms with E-state index in [0.717, 1.165) is 0 Å². The molecule has 0 aliphatic rings. The van der Waals surface area contributed by atoms with E-state index in [2.05, 4.69) is 0 Å². The zero-order valence-electron chi connectivity index (χ0n) is 2.67. The molecular formula is HO2SV-. The predicted octanol–water partition coefficient (Wildman–Crippen LogP) is -0.940. The molecule has 0 aliphatic heterocycles. The molecule has 4 heteroatoms. The van der Waals surface area contributed by atoms with Crippen LogP contribution in [0, 0.1) is 0 Å². The first-order valence-corrected chi connectivity index (χ1v) is 1.00. The van der Waals surface area contributed by atoms with Crippen molar-refractivity contribution in [3.8, 4) is 0 Å². The second-order valence-electron chi connectivity index (χ2n) is 0.0680. The zero-order chi connectivity index (χ0) is 3.58. The molecule has 1 radical (unpaired) electrons. The average molecular weight is 118 g/mol. The van der Waals surface area contributed by atoms with Gasteiger partial charge in [0.05, 0.1) is 0 Å². The van der Waals surface area contributed by atoms with Crippen LogP contribution in [0.25, 0.3) is 0 Å². The molecule has 1 unspecified atom stereocenters. The normalized spacial score (nSPS) is 15.8. The van der Waals surface area contributed by atoms with Crippen molar-refractivity contribution < 1.29 is 27.3 Å². The molecule has 4 heavy (non-hydrogen) atoms. The summed E-state index contributed by atoms with van der Waals surface area (Å²) in [6, 6.07) is 0. The maximum absolute atomic E-state index is 8.67. The Labute approximate surface area is 40.9 Å². The SMILES string of the molecule is [3H]S(=O)[O-].[V]. The third-order valence-electron chi connectivity index (χ3n) is 0.